The van der Waals surface area contributed by atoms with Crippen LogP contribution in [0.1, 0.15) is 0 Å². The number of benzene rings is 10. The highest BCUT2D eigenvalue weighted by Crippen LogP contribution is 2.49. The van der Waals surface area contributed by atoms with E-state index < -0.39 is 0 Å². The second-order valence-electron chi connectivity index (χ2n) is 15.7. The van der Waals surface area contributed by atoms with Gasteiger partial charge in [0.15, 0.2) is 0 Å². The summed E-state index contributed by atoms with van der Waals surface area (Å²) in [5.74, 6) is 0. The first kappa shape index (κ1) is 31.5. The van der Waals surface area contributed by atoms with Crippen LogP contribution in [0.3, 0.4) is 0 Å². The average Bonchev–Trinajstić information content (AvgIpc) is 3.92. The SMILES string of the molecule is c1ccc(-n2c3ccccc3c3cc(-c4ccc5c(c4)c4ccccc4n5-c4ccc5ccc(-c6ccc7c8c(cccc68)-c6ccccc6-7)cc5c4)ccc32)cc1. The molecule has 13 rings (SSSR count). The maximum absolute atomic E-state index is 2.44. The fraction of sp³-hybridized carbons (Fsp3) is 0. The maximum Gasteiger partial charge on any atom is 0.0541 e. The Bertz CT molecular complexity index is 3650. The molecule has 1 aliphatic rings. The summed E-state index contributed by atoms with van der Waals surface area (Å²) >= 11 is 0. The Morgan fingerprint density at radius 1 is 0.241 bits per heavy atom. The highest BCUT2D eigenvalue weighted by atomic mass is 15.0. The van der Waals surface area contributed by atoms with E-state index >= 15 is 0 Å². The van der Waals surface area contributed by atoms with E-state index in [1.54, 1.807) is 0 Å². The van der Waals surface area contributed by atoms with E-state index in [1.807, 2.05) is 0 Å². The lowest BCUT2D eigenvalue weighted by molar-refractivity contribution is 1.18. The van der Waals surface area contributed by atoms with Crippen LogP contribution in [-0.4, -0.2) is 9.13 Å². The van der Waals surface area contributed by atoms with E-state index in [0.29, 0.717) is 0 Å². The minimum Gasteiger partial charge on any atom is -0.309 e. The monoisotopic (exact) mass is 734 g/mol. The summed E-state index contributed by atoms with van der Waals surface area (Å²) in [5, 5.41) is 10.2. The standard InChI is InChI=1S/C56H34N2/c1-2-11-40(12-3-1)57-52-19-8-6-15-45(52)50-33-36(24-29-54(50)57)37-25-30-55-51(34-37)46-16-7-9-20-53(46)58(55)41-26-23-35-21-22-38(31-39(35)32-41)42-27-28-49-44-14-5-4-13-43(44)48-18-10-17-47(42)56(48)49/h1-34H. The number of hydrogen-bond donors (Lipinski definition) is 0. The van der Waals surface area contributed by atoms with Crippen molar-refractivity contribution >= 4 is 65.2 Å². The molecular weight excluding hydrogens is 701 g/mol. The Labute approximate surface area is 335 Å². The first-order chi connectivity index (χ1) is 28.8. The van der Waals surface area contributed by atoms with Gasteiger partial charge in [-0.3, -0.25) is 0 Å². The van der Waals surface area contributed by atoms with Crippen molar-refractivity contribution in [2.45, 2.75) is 0 Å². The quantitative estimate of drug-likeness (QED) is 0.170. The van der Waals surface area contributed by atoms with Crippen molar-refractivity contribution in [1.29, 1.82) is 0 Å². The van der Waals surface area contributed by atoms with Crippen molar-refractivity contribution in [1.82, 2.24) is 9.13 Å². The third kappa shape index (κ3) is 4.43. The van der Waals surface area contributed by atoms with Crippen molar-refractivity contribution in [2.75, 3.05) is 0 Å². The molecule has 0 bridgehead atoms. The summed E-state index contributed by atoms with van der Waals surface area (Å²) in [7, 11) is 0. The Morgan fingerprint density at radius 3 is 1.47 bits per heavy atom. The summed E-state index contributed by atoms with van der Waals surface area (Å²) in [6, 6.07) is 76.3. The molecule has 2 nitrogen and oxygen atoms in total. The molecule has 12 aromatic rings. The number of rotatable bonds is 4. The van der Waals surface area contributed by atoms with Gasteiger partial charge in [0.2, 0.25) is 0 Å². The van der Waals surface area contributed by atoms with E-state index in [0.717, 1.165) is 5.69 Å². The van der Waals surface area contributed by atoms with Gasteiger partial charge in [0.25, 0.3) is 0 Å². The molecule has 2 heterocycles. The van der Waals surface area contributed by atoms with E-state index in [1.165, 1.54) is 115 Å². The van der Waals surface area contributed by atoms with E-state index in [-0.39, 0.29) is 0 Å². The van der Waals surface area contributed by atoms with Crippen LogP contribution in [0.15, 0.2) is 206 Å². The molecule has 0 radical (unpaired) electrons. The Balaban J connectivity index is 0.942. The zero-order valence-electron chi connectivity index (χ0n) is 31.5. The molecule has 268 valence electrons. The zero-order chi connectivity index (χ0) is 37.9. The van der Waals surface area contributed by atoms with Crippen LogP contribution in [-0.2, 0) is 0 Å². The molecule has 0 atom stereocenters. The number of aromatic nitrogens is 2. The third-order valence-corrected chi connectivity index (χ3v) is 12.6. The summed E-state index contributed by atoms with van der Waals surface area (Å²) in [6.07, 6.45) is 0. The minimum atomic E-state index is 1.16. The van der Waals surface area contributed by atoms with Gasteiger partial charge >= 0.3 is 0 Å². The molecule has 0 amide bonds. The summed E-state index contributed by atoms with van der Waals surface area (Å²) in [4.78, 5) is 0. The zero-order valence-corrected chi connectivity index (χ0v) is 31.5. The predicted molar refractivity (Wildman–Crippen MR) is 245 cm³/mol. The summed E-state index contributed by atoms with van der Waals surface area (Å²) < 4.78 is 4.82. The molecule has 0 spiro atoms. The lowest BCUT2D eigenvalue weighted by Crippen LogP contribution is -1.94. The molecule has 0 aliphatic heterocycles. The molecule has 1 aliphatic carbocycles. The van der Waals surface area contributed by atoms with Crippen molar-refractivity contribution in [3.05, 3.63) is 206 Å². The highest BCUT2D eigenvalue weighted by Gasteiger charge is 2.22. The highest BCUT2D eigenvalue weighted by molar-refractivity contribution is 6.19. The third-order valence-electron chi connectivity index (χ3n) is 12.6. The topological polar surface area (TPSA) is 9.86 Å². The normalized spacial score (nSPS) is 12.1. The molecule has 0 unspecified atom stereocenters. The van der Waals surface area contributed by atoms with Gasteiger partial charge in [-0.25, -0.2) is 0 Å². The molecule has 0 fully saturated rings. The second kappa shape index (κ2) is 11.9. The lowest BCUT2D eigenvalue weighted by Gasteiger charge is -2.13. The Hall–Kier alpha value is -7.68. The maximum atomic E-state index is 2.44. The van der Waals surface area contributed by atoms with Gasteiger partial charge in [0, 0.05) is 32.9 Å². The number of hydrogen-bond acceptors (Lipinski definition) is 0. The molecule has 0 saturated heterocycles. The molecular formula is C56H34N2. The van der Waals surface area contributed by atoms with Crippen molar-refractivity contribution in [3.8, 4) is 55.9 Å². The van der Waals surface area contributed by atoms with E-state index in [4.69, 9.17) is 0 Å². The molecule has 58 heavy (non-hydrogen) atoms. The average molecular weight is 735 g/mol. The van der Waals surface area contributed by atoms with Gasteiger partial charge in [-0.2, -0.15) is 0 Å². The fourth-order valence-corrected chi connectivity index (χ4v) is 10.0. The Kier molecular flexibility index (Phi) is 6.47. The number of nitrogens with zero attached hydrogens (tertiary/aromatic N) is 2. The van der Waals surface area contributed by atoms with Crippen LogP contribution in [0.4, 0.5) is 0 Å². The van der Waals surface area contributed by atoms with Crippen LogP contribution in [0.2, 0.25) is 0 Å². The number of para-hydroxylation sites is 3. The Morgan fingerprint density at radius 2 is 0.759 bits per heavy atom. The number of fused-ring (bicyclic) bond motifs is 10. The molecule has 0 N–H and O–H groups in total. The fourth-order valence-electron chi connectivity index (χ4n) is 10.0. The van der Waals surface area contributed by atoms with Gasteiger partial charge in [0.1, 0.15) is 0 Å². The van der Waals surface area contributed by atoms with Crippen molar-refractivity contribution < 1.29 is 0 Å². The van der Waals surface area contributed by atoms with Crippen LogP contribution in [0, 0.1) is 0 Å². The summed E-state index contributed by atoms with van der Waals surface area (Å²) in [5.41, 5.74) is 17.4. The smallest absolute Gasteiger partial charge is 0.0541 e. The van der Waals surface area contributed by atoms with Gasteiger partial charge < -0.3 is 9.13 Å². The largest absolute Gasteiger partial charge is 0.309 e. The lowest BCUT2D eigenvalue weighted by atomic mass is 9.93. The predicted octanol–water partition coefficient (Wildman–Crippen LogP) is 15.2. The summed E-state index contributed by atoms with van der Waals surface area (Å²) in [6.45, 7) is 0. The van der Waals surface area contributed by atoms with Crippen LogP contribution < -0.4 is 0 Å². The molecule has 2 aromatic heterocycles. The minimum absolute atomic E-state index is 1.16. The molecule has 10 aromatic carbocycles. The molecule has 2 heteroatoms. The first-order valence-corrected chi connectivity index (χ1v) is 20.1. The van der Waals surface area contributed by atoms with Crippen LogP contribution in [0.25, 0.3) is 121 Å². The van der Waals surface area contributed by atoms with Gasteiger partial charge in [-0.05, 0) is 133 Å². The van der Waals surface area contributed by atoms with Crippen LogP contribution in [0.5, 0.6) is 0 Å². The van der Waals surface area contributed by atoms with E-state index in [2.05, 4.69) is 215 Å². The van der Waals surface area contributed by atoms with Gasteiger partial charge in [-0.1, -0.05) is 140 Å². The van der Waals surface area contributed by atoms with Gasteiger partial charge in [0.05, 0.1) is 22.1 Å². The van der Waals surface area contributed by atoms with E-state index in [9.17, 15) is 0 Å². The van der Waals surface area contributed by atoms with Crippen molar-refractivity contribution in [3.63, 3.8) is 0 Å². The second-order valence-corrected chi connectivity index (χ2v) is 15.7. The molecule has 0 saturated carbocycles. The first-order valence-electron chi connectivity index (χ1n) is 20.1. The van der Waals surface area contributed by atoms with Crippen LogP contribution >= 0.6 is 0 Å². The van der Waals surface area contributed by atoms with Crippen molar-refractivity contribution in [2.24, 2.45) is 0 Å². The van der Waals surface area contributed by atoms with Gasteiger partial charge in [-0.15, -0.1) is 0 Å².